The van der Waals surface area contributed by atoms with E-state index in [9.17, 15) is 9.59 Å². The van der Waals surface area contributed by atoms with E-state index in [4.69, 9.17) is 15.9 Å². The molecule has 1 amide bonds. The maximum absolute atomic E-state index is 12.2. The van der Waals surface area contributed by atoms with Gasteiger partial charge in [-0.1, -0.05) is 0 Å². The van der Waals surface area contributed by atoms with Crippen molar-refractivity contribution in [3.05, 3.63) is 58.2 Å². The minimum absolute atomic E-state index is 0.0897. The maximum Gasteiger partial charge on any atom is 0.252 e. The Morgan fingerprint density at radius 3 is 2.71 bits per heavy atom. The predicted molar refractivity (Wildman–Crippen MR) is 107 cm³/mol. The van der Waals surface area contributed by atoms with Gasteiger partial charge in [-0.05, 0) is 55.9 Å². The Balaban J connectivity index is 2.06. The molecule has 1 aliphatic carbocycles. The molecule has 1 aliphatic rings. The van der Waals surface area contributed by atoms with Crippen molar-refractivity contribution in [3.8, 4) is 22.6 Å². The first-order valence-electron chi connectivity index (χ1n) is 9.36. The zero-order valence-corrected chi connectivity index (χ0v) is 15.6. The third-order valence-electron chi connectivity index (χ3n) is 5.13. The van der Waals surface area contributed by atoms with E-state index in [0.717, 1.165) is 29.5 Å². The number of nitrogens with two attached hydrogens (primary N) is 2. The number of primary amides is 1. The van der Waals surface area contributed by atoms with E-state index in [1.54, 1.807) is 35.2 Å². The molecule has 0 radical (unpaired) electrons. The normalized spacial score (nSPS) is 13.6. The molecule has 4 rings (SSSR count). The number of carbonyl (C=O) groups excluding carboxylic acids is 1. The quantitative estimate of drug-likeness (QED) is 0.684. The molecule has 7 heteroatoms. The second kappa shape index (κ2) is 6.99. The number of nitrogens with zero attached hydrogens (tertiary/aromatic N) is 2. The van der Waals surface area contributed by atoms with E-state index in [0.29, 0.717) is 30.3 Å². The second-order valence-electron chi connectivity index (χ2n) is 7.11. The molecular weight excluding hydrogens is 356 g/mol. The number of nitrogen functional groups attached to an aromatic ring is 1. The van der Waals surface area contributed by atoms with E-state index in [2.05, 4.69) is 4.98 Å². The van der Waals surface area contributed by atoms with Crippen molar-refractivity contribution in [2.45, 2.75) is 32.7 Å². The van der Waals surface area contributed by atoms with Gasteiger partial charge in [-0.2, -0.15) is 0 Å². The molecule has 0 unspecified atom stereocenters. The van der Waals surface area contributed by atoms with Crippen LogP contribution in [0.15, 0.2) is 45.9 Å². The van der Waals surface area contributed by atoms with Crippen molar-refractivity contribution in [3.63, 3.8) is 0 Å². The predicted octanol–water partition coefficient (Wildman–Crippen LogP) is 2.82. The minimum atomic E-state index is -0.600. The molecule has 0 atom stereocenters. The minimum Gasteiger partial charge on any atom is -0.463 e. The molecule has 1 saturated carbocycles. The highest BCUT2D eigenvalue weighted by Gasteiger charge is 2.30. The summed E-state index contributed by atoms with van der Waals surface area (Å²) >= 11 is 0. The van der Waals surface area contributed by atoms with Crippen molar-refractivity contribution < 1.29 is 9.21 Å². The first-order chi connectivity index (χ1) is 13.5. The summed E-state index contributed by atoms with van der Waals surface area (Å²) < 4.78 is 7.20. The van der Waals surface area contributed by atoms with Crippen LogP contribution < -0.4 is 17.0 Å². The topological polar surface area (TPSA) is 117 Å². The molecule has 28 heavy (non-hydrogen) atoms. The molecule has 3 heterocycles. The molecule has 0 bridgehead atoms. The van der Waals surface area contributed by atoms with Crippen LogP contribution >= 0.6 is 0 Å². The summed E-state index contributed by atoms with van der Waals surface area (Å²) in [5, 5.41) is 0. The van der Waals surface area contributed by atoms with Crippen LogP contribution in [0.1, 0.15) is 35.7 Å². The summed E-state index contributed by atoms with van der Waals surface area (Å²) in [6.07, 6.45) is 6.23. The van der Waals surface area contributed by atoms with Gasteiger partial charge in [0.1, 0.15) is 11.5 Å². The van der Waals surface area contributed by atoms with E-state index < -0.39 is 5.91 Å². The molecule has 144 valence electrons. The molecule has 0 aliphatic heterocycles. The van der Waals surface area contributed by atoms with Crippen LogP contribution in [0.2, 0.25) is 0 Å². The number of aromatic nitrogens is 2. The van der Waals surface area contributed by atoms with E-state index in [1.165, 1.54) is 6.07 Å². The van der Waals surface area contributed by atoms with Crippen molar-refractivity contribution >= 4 is 11.7 Å². The van der Waals surface area contributed by atoms with Crippen LogP contribution in [0, 0.1) is 5.92 Å². The van der Waals surface area contributed by atoms with Crippen molar-refractivity contribution in [2.24, 2.45) is 11.7 Å². The summed E-state index contributed by atoms with van der Waals surface area (Å²) in [6.45, 7) is 2.44. The Bertz CT molecular complexity index is 1100. The number of anilines is 1. The molecule has 7 nitrogen and oxygen atoms in total. The highest BCUT2D eigenvalue weighted by atomic mass is 16.3. The standard InChI is InChI=1S/C21H22N4O3/c1-2-25-11-13(7-8-16(25)26)17-14(10-12-5-6-12)18(21(23)27)20(22)24-19(17)15-4-3-9-28-15/h3-4,7-9,11-12H,2,5-6,10H2,1H3,(H2,22,24)(H2,23,27). The molecule has 0 aromatic carbocycles. The number of hydrogen-bond donors (Lipinski definition) is 2. The fraction of sp³-hybridized carbons (Fsp3) is 0.286. The van der Waals surface area contributed by atoms with Crippen LogP contribution in [0.4, 0.5) is 5.82 Å². The highest BCUT2D eigenvalue weighted by molar-refractivity contribution is 6.02. The van der Waals surface area contributed by atoms with E-state index in [1.807, 2.05) is 6.92 Å². The van der Waals surface area contributed by atoms with E-state index >= 15 is 0 Å². The van der Waals surface area contributed by atoms with Crippen LogP contribution in [0.5, 0.6) is 0 Å². The Kier molecular flexibility index (Phi) is 4.50. The lowest BCUT2D eigenvalue weighted by Gasteiger charge is -2.19. The van der Waals surface area contributed by atoms with Gasteiger partial charge >= 0.3 is 0 Å². The molecule has 0 spiro atoms. The fourth-order valence-corrected chi connectivity index (χ4v) is 3.57. The van der Waals surface area contributed by atoms with Gasteiger partial charge in [0.2, 0.25) is 0 Å². The van der Waals surface area contributed by atoms with Gasteiger partial charge in [0.15, 0.2) is 5.76 Å². The van der Waals surface area contributed by atoms with Crippen molar-refractivity contribution in [1.29, 1.82) is 0 Å². The average Bonchev–Trinajstić information content (AvgIpc) is 3.30. The Morgan fingerprint density at radius 1 is 1.32 bits per heavy atom. The van der Waals surface area contributed by atoms with Gasteiger partial charge in [-0.25, -0.2) is 4.98 Å². The monoisotopic (exact) mass is 378 g/mol. The Morgan fingerprint density at radius 2 is 2.11 bits per heavy atom. The first-order valence-corrected chi connectivity index (χ1v) is 9.36. The number of furan rings is 1. The lowest BCUT2D eigenvalue weighted by molar-refractivity contribution is 0.1000. The third-order valence-corrected chi connectivity index (χ3v) is 5.13. The summed E-state index contributed by atoms with van der Waals surface area (Å²) in [7, 11) is 0. The molecule has 0 saturated heterocycles. The summed E-state index contributed by atoms with van der Waals surface area (Å²) in [4.78, 5) is 28.8. The SMILES string of the molecule is CCn1cc(-c2c(-c3ccco3)nc(N)c(C(N)=O)c2CC2CC2)ccc1=O. The third kappa shape index (κ3) is 3.19. The highest BCUT2D eigenvalue weighted by Crippen LogP contribution is 2.42. The largest absolute Gasteiger partial charge is 0.463 e. The number of carbonyl (C=O) groups is 1. The van der Waals surface area contributed by atoms with E-state index in [-0.39, 0.29) is 16.9 Å². The van der Waals surface area contributed by atoms with Gasteiger partial charge in [0, 0.05) is 29.9 Å². The maximum atomic E-state index is 12.2. The van der Waals surface area contributed by atoms with Gasteiger partial charge in [0.05, 0.1) is 11.8 Å². The summed E-state index contributed by atoms with van der Waals surface area (Å²) in [6, 6.07) is 6.83. The molecule has 4 N–H and O–H groups in total. The molecular formula is C21H22N4O3. The van der Waals surface area contributed by atoms with Crippen LogP contribution in [-0.2, 0) is 13.0 Å². The summed E-state index contributed by atoms with van der Waals surface area (Å²) in [5.74, 6) is 0.531. The zero-order chi connectivity index (χ0) is 19.8. The van der Waals surface area contributed by atoms with Crippen molar-refractivity contribution in [2.75, 3.05) is 5.73 Å². The fourth-order valence-electron chi connectivity index (χ4n) is 3.57. The second-order valence-corrected chi connectivity index (χ2v) is 7.11. The first kappa shape index (κ1) is 18.0. The smallest absolute Gasteiger partial charge is 0.252 e. The average molecular weight is 378 g/mol. The van der Waals surface area contributed by atoms with Gasteiger partial charge in [-0.3, -0.25) is 9.59 Å². The number of amides is 1. The van der Waals surface area contributed by atoms with Crippen LogP contribution in [0.25, 0.3) is 22.6 Å². The van der Waals surface area contributed by atoms with Crippen LogP contribution in [-0.4, -0.2) is 15.5 Å². The molecule has 3 aromatic heterocycles. The van der Waals surface area contributed by atoms with Crippen molar-refractivity contribution in [1.82, 2.24) is 9.55 Å². The number of hydrogen-bond acceptors (Lipinski definition) is 5. The summed E-state index contributed by atoms with van der Waals surface area (Å²) in [5.41, 5.74) is 14.8. The van der Waals surface area contributed by atoms with Gasteiger partial charge < -0.3 is 20.5 Å². The lowest BCUT2D eigenvalue weighted by Crippen LogP contribution is -2.20. The van der Waals surface area contributed by atoms with Gasteiger partial charge in [0.25, 0.3) is 11.5 Å². The zero-order valence-electron chi connectivity index (χ0n) is 15.6. The number of pyridine rings is 2. The van der Waals surface area contributed by atoms with Gasteiger partial charge in [-0.15, -0.1) is 0 Å². The Labute approximate surface area is 162 Å². The number of rotatable bonds is 6. The molecule has 3 aromatic rings. The van der Waals surface area contributed by atoms with Crippen LogP contribution in [0.3, 0.4) is 0 Å². The lowest BCUT2D eigenvalue weighted by atomic mass is 9.90. The molecule has 1 fully saturated rings. The Hall–Kier alpha value is -3.35. The number of aryl methyl sites for hydroxylation is 1.